The zero-order valence-corrected chi connectivity index (χ0v) is 10.1. The number of carboxylic acid groups (broad SMARTS) is 3. The van der Waals surface area contributed by atoms with Crippen LogP contribution in [0.25, 0.3) is 0 Å². The van der Waals surface area contributed by atoms with E-state index in [0.29, 0.717) is 0 Å². The second-order valence-corrected chi connectivity index (χ2v) is 6.47. The summed E-state index contributed by atoms with van der Waals surface area (Å²) in [5.41, 5.74) is -2.52. The Balaban J connectivity index is 5.38. The van der Waals surface area contributed by atoms with E-state index in [0.717, 1.165) is 13.3 Å². The summed E-state index contributed by atoms with van der Waals surface area (Å²) in [5, 5.41) is 26.1. The third-order valence-electron chi connectivity index (χ3n) is 1.66. The van der Waals surface area contributed by atoms with E-state index in [1.165, 1.54) is 0 Å². The molecule has 3 N–H and O–H groups in total. The van der Waals surface area contributed by atoms with Crippen LogP contribution < -0.4 is 0 Å². The number of hydrogen-bond acceptors (Lipinski definition) is 5. The Hall–Kier alpha value is -1.40. The minimum atomic E-state index is -3.36. The molecule has 0 aromatic rings. The van der Waals surface area contributed by atoms with Crippen molar-refractivity contribution < 1.29 is 38.8 Å². The van der Waals surface area contributed by atoms with Crippen LogP contribution in [0.2, 0.25) is 0 Å². The van der Waals surface area contributed by atoms with Gasteiger partial charge in [0.2, 0.25) is 0 Å². The molecule has 0 atom stereocenters. The molecule has 0 radical (unpaired) electrons. The van der Waals surface area contributed by atoms with E-state index >= 15 is 0 Å². The summed E-state index contributed by atoms with van der Waals surface area (Å²) in [5.74, 6) is -4.88. The monoisotopic (exact) mass is 268 g/mol. The van der Waals surface area contributed by atoms with Gasteiger partial charge in [0.05, 0.1) is 12.8 Å². The van der Waals surface area contributed by atoms with Crippen molar-refractivity contribution in [2.24, 2.45) is 0 Å². The van der Waals surface area contributed by atoms with E-state index < -0.39 is 43.7 Å². The summed E-state index contributed by atoms with van der Waals surface area (Å²) in [4.78, 5) is 32.1. The van der Waals surface area contributed by atoms with Crippen LogP contribution in [-0.2, 0) is 23.5 Å². The molecule has 0 rings (SSSR count). The molecule has 98 valence electrons. The van der Waals surface area contributed by atoms with Crippen LogP contribution in [0.15, 0.2) is 0 Å². The lowest BCUT2D eigenvalue weighted by molar-refractivity contribution is -0.167. The fourth-order valence-corrected chi connectivity index (χ4v) is 2.28. The van der Waals surface area contributed by atoms with Gasteiger partial charge in [-0.25, -0.2) is 4.79 Å². The fourth-order valence-electron chi connectivity index (χ4n) is 1.23. The van der Waals surface area contributed by atoms with Gasteiger partial charge in [-0.1, -0.05) is 0 Å². The molecule has 0 aliphatic heterocycles. The predicted molar refractivity (Wildman–Crippen MR) is 55.4 cm³/mol. The Kier molecular flexibility index (Phi) is 4.85. The van der Waals surface area contributed by atoms with Gasteiger partial charge in [0.25, 0.3) is 0 Å². The summed E-state index contributed by atoms with van der Waals surface area (Å²) in [6.45, 7) is 2.16. The van der Waals surface area contributed by atoms with Gasteiger partial charge in [-0.3, -0.25) is 14.2 Å². The molecule has 8 nitrogen and oxygen atoms in total. The van der Waals surface area contributed by atoms with Gasteiger partial charge in [-0.2, -0.15) is 0 Å². The van der Waals surface area contributed by atoms with Gasteiger partial charge in [-0.05, 0) is 0 Å². The van der Waals surface area contributed by atoms with Crippen molar-refractivity contribution in [3.8, 4) is 0 Å². The Labute approximate surface area is 96.7 Å². The van der Waals surface area contributed by atoms with Crippen molar-refractivity contribution >= 4 is 25.3 Å². The van der Waals surface area contributed by atoms with Crippen molar-refractivity contribution in [3.05, 3.63) is 0 Å². The van der Waals surface area contributed by atoms with E-state index in [-0.39, 0.29) is 0 Å². The highest BCUT2D eigenvalue weighted by molar-refractivity contribution is 7.57. The zero-order valence-electron chi connectivity index (χ0n) is 9.24. The van der Waals surface area contributed by atoms with Gasteiger partial charge in [-0.15, -0.1) is 0 Å². The third-order valence-corrected chi connectivity index (χ3v) is 2.45. The van der Waals surface area contributed by atoms with Crippen molar-refractivity contribution in [1.82, 2.24) is 0 Å². The topological polar surface area (TPSA) is 138 Å². The number of carbonyl (C=O) groups is 3. The average Bonchev–Trinajstić information content (AvgIpc) is 1.96. The number of aliphatic carboxylic acids is 3. The van der Waals surface area contributed by atoms with Gasteiger partial charge < -0.3 is 19.8 Å². The second-order valence-electron chi connectivity index (χ2n) is 3.78. The van der Waals surface area contributed by atoms with Crippen LogP contribution >= 0.6 is 7.37 Å². The van der Waals surface area contributed by atoms with E-state index in [4.69, 9.17) is 19.8 Å². The van der Waals surface area contributed by atoms with Crippen molar-refractivity contribution in [1.29, 1.82) is 0 Å². The molecule has 17 heavy (non-hydrogen) atoms. The van der Waals surface area contributed by atoms with Crippen LogP contribution in [-0.4, -0.2) is 52.2 Å². The van der Waals surface area contributed by atoms with Crippen molar-refractivity contribution in [3.63, 3.8) is 0 Å². The van der Waals surface area contributed by atoms with Gasteiger partial charge in [0.1, 0.15) is 0 Å². The zero-order chi connectivity index (χ0) is 13.9. The van der Waals surface area contributed by atoms with Crippen molar-refractivity contribution in [2.75, 3.05) is 13.3 Å². The molecule has 0 fully saturated rings. The molecular formula is C8H13O8P. The van der Waals surface area contributed by atoms with Crippen LogP contribution in [0, 0.1) is 0 Å². The smallest absolute Gasteiger partial charge is 0.337 e. The first-order chi connectivity index (χ1) is 7.48. The quantitative estimate of drug-likeness (QED) is 0.561. The molecule has 0 unspecified atom stereocenters. The first-order valence-corrected chi connectivity index (χ1v) is 6.93. The number of rotatable bonds is 7. The van der Waals surface area contributed by atoms with E-state index in [2.05, 4.69) is 0 Å². The maximum absolute atomic E-state index is 11.4. The first-order valence-electron chi connectivity index (χ1n) is 4.41. The minimum Gasteiger partial charge on any atom is -0.481 e. The maximum Gasteiger partial charge on any atom is 0.337 e. The van der Waals surface area contributed by atoms with Crippen LogP contribution in [0.4, 0.5) is 0 Å². The normalized spacial score (nSPS) is 12.1. The number of hydrogen-bond donors (Lipinski definition) is 3. The highest BCUT2D eigenvalue weighted by Gasteiger charge is 2.47. The van der Waals surface area contributed by atoms with E-state index in [1.807, 2.05) is 0 Å². The molecule has 0 spiro atoms. The predicted octanol–water partition coefficient (Wildman–Crippen LogP) is 0.313. The molecule has 0 bridgehead atoms. The van der Waals surface area contributed by atoms with Crippen LogP contribution in [0.5, 0.6) is 0 Å². The Morgan fingerprint density at radius 3 is 1.59 bits per heavy atom. The molecule has 0 aromatic carbocycles. The SMILES string of the molecule is CP(C)(=O)OC(CC(=O)O)(CC(=O)O)C(=O)O. The Morgan fingerprint density at radius 2 is 1.41 bits per heavy atom. The molecule has 0 aliphatic rings. The summed E-state index contributed by atoms with van der Waals surface area (Å²) >= 11 is 0. The van der Waals surface area contributed by atoms with Crippen molar-refractivity contribution in [2.45, 2.75) is 18.4 Å². The summed E-state index contributed by atoms with van der Waals surface area (Å²) in [6, 6.07) is 0. The van der Waals surface area contributed by atoms with Crippen LogP contribution in [0.3, 0.4) is 0 Å². The van der Waals surface area contributed by atoms with E-state index in [1.54, 1.807) is 0 Å². The number of carboxylic acids is 3. The molecule has 0 saturated carbocycles. The van der Waals surface area contributed by atoms with Gasteiger partial charge in [0, 0.05) is 13.3 Å². The summed E-state index contributed by atoms with van der Waals surface area (Å²) in [7, 11) is -3.36. The molecular weight excluding hydrogens is 255 g/mol. The highest BCUT2D eigenvalue weighted by Crippen LogP contribution is 2.45. The lowest BCUT2D eigenvalue weighted by Gasteiger charge is -2.28. The molecule has 0 aliphatic carbocycles. The van der Waals surface area contributed by atoms with Crippen LogP contribution in [0.1, 0.15) is 12.8 Å². The largest absolute Gasteiger partial charge is 0.481 e. The minimum absolute atomic E-state index is 1.08. The molecule has 0 heterocycles. The van der Waals surface area contributed by atoms with Gasteiger partial charge in [0.15, 0.2) is 13.0 Å². The Morgan fingerprint density at radius 1 is 1.06 bits per heavy atom. The summed E-state index contributed by atoms with van der Waals surface area (Å²) < 4.78 is 16.1. The first kappa shape index (κ1) is 15.6. The molecule has 0 saturated heterocycles. The lowest BCUT2D eigenvalue weighted by atomic mass is 9.96. The average molecular weight is 268 g/mol. The second kappa shape index (κ2) is 5.29. The molecule has 0 aromatic heterocycles. The molecule has 9 heteroatoms. The Bertz CT molecular complexity index is 365. The highest BCUT2D eigenvalue weighted by atomic mass is 31.2. The van der Waals surface area contributed by atoms with Gasteiger partial charge >= 0.3 is 17.9 Å². The lowest BCUT2D eigenvalue weighted by Crippen LogP contribution is -2.44. The fraction of sp³-hybridized carbons (Fsp3) is 0.625. The maximum atomic E-state index is 11.4. The standard InChI is InChI=1S/C8H13O8P/c1-17(2,15)16-8(7(13)14,3-5(9)10)4-6(11)12/h3-4H2,1-2H3,(H,9,10)(H,11,12)(H,13,14). The summed E-state index contributed by atoms with van der Waals surface area (Å²) in [6.07, 6.45) is -2.17. The third kappa shape index (κ3) is 5.46. The van der Waals surface area contributed by atoms with E-state index in [9.17, 15) is 18.9 Å². The molecule has 0 amide bonds.